The van der Waals surface area contributed by atoms with Gasteiger partial charge in [0.25, 0.3) is 0 Å². The fourth-order valence-corrected chi connectivity index (χ4v) is 2.35. The molecule has 0 amide bonds. The van der Waals surface area contributed by atoms with Gasteiger partial charge >= 0.3 is 0 Å². The molecule has 1 heterocycles. The molecule has 18 heavy (non-hydrogen) atoms. The minimum absolute atomic E-state index is 0.235. The van der Waals surface area contributed by atoms with Gasteiger partial charge in [0, 0.05) is 6.07 Å². The van der Waals surface area contributed by atoms with Gasteiger partial charge in [0.15, 0.2) is 0 Å². The predicted octanol–water partition coefficient (Wildman–Crippen LogP) is 2.38. The van der Waals surface area contributed by atoms with Crippen molar-refractivity contribution in [3.63, 3.8) is 0 Å². The van der Waals surface area contributed by atoms with Crippen LogP contribution in [-0.2, 0) is 0 Å². The molecule has 0 bridgehead atoms. The van der Waals surface area contributed by atoms with E-state index in [2.05, 4.69) is 4.98 Å². The summed E-state index contributed by atoms with van der Waals surface area (Å²) in [6, 6.07) is 7.21. The summed E-state index contributed by atoms with van der Waals surface area (Å²) in [5.41, 5.74) is 6.50. The SMILES string of the molecule is N#Cc1cccc(OCC2(N)CCCCCC2)n1. The normalized spacial score (nSPS) is 18.7. The predicted molar refractivity (Wildman–Crippen MR) is 69.1 cm³/mol. The molecule has 1 saturated carbocycles. The second kappa shape index (κ2) is 5.83. The average molecular weight is 245 g/mol. The third-order valence-corrected chi connectivity index (χ3v) is 3.44. The van der Waals surface area contributed by atoms with E-state index >= 15 is 0 Å². The summed E-state index contributed by atoms with van der Waals surface area (Å²) in [6.07, 6.45) is 6.88. The number of aromatic nitrogens is 1. The largest absolute Gasteiger partial charge is 0.476 e. The fourth-order valence-electron chi connectivity index (χ4n) is 2.35. The molecule has 0 aliphatic heterocycles. The highest BCUT2D eigenvalue weighted by Crippen LogP contribution is 2.25. The van der Waals surface area contributed by atoms with Crippen molar-refractivity contribution in [2.24, 2.45) is 5.73 Å². The molecule has 96 valence electrons. The zero-order valence-corrected chi connectivity index (χ0v) is 10.6. The van der Waals surface area contributed by atoms with E-state index in [0.717, 1.165) is 12.8 Å². The monoisotopic (exact) mass is 245 g/mol. The molecule has 1 fully saturated rings. The average Bonchev–Trinajstić information content (AvgIpc) is 2.62. The molecule has 2 N–H and O–H groups in total. The van der Waals surface area contributed by atoms with Crippen LogP contribution in [-0.4, -0.2) is 17.1 Å². The highest BCUT2D eigenvalue weighted by molar-refractivity contribution is 5.24. The number of hydrogen-bond acceptors (Lipinski definition) is 4. The van der Waals surface area contributed by atoms with Crippen LogP contribution in [0, 0.1) is 11.3 Å². The minimum atomic E-state index is -0.235. The van der Waals surface area contributed by atoms with E-state index in [4.69, 9.17) is 15.7 Å². The molecule has 0 spiro atoms. The van der Waals surface area contributed by atoms with Crippen LogP contribution < -0.4 is 10.5 Å². The van der Waals surface area contributed by atoms with Crippen molar-refractivity contribution in [1.29, 1.82) is 5.26 Å². The second-order valence-corrected chi connectivity index (χ2v) is 5.04. The van der Waals surface area contributed by atoms with Crippen LogP contribution in [0.25, 0.3) is 0 Å². The molecule has 2 rings (SSSR count). The van der Waals surface area contributed by atoms with E-state index < -0.39 is 0 Å². The first-order valence-corrected chi connectivity index (χ1v) is 6.51. The Morgan fingerprint density at radius 1 is 1.28 bits per heavy atom. The Bertz CT molecular complexity index is 431. The molecule has 4 nitrogen and oxygen atoms in total. The standard InChI is InChI=1S/C14H19N3O/c15-10-12-6-5-7-13(17-12)18-11-14(16)8-3-1-2-4-9-14/h5-7H,1-4,8-9,11,16H2. The Balaban J connectivity index is 1.95. The summed E-state index contributed by atoms with van der Waals surface area (Å²) in [4.78, 5) is 4.09. The van der Waals surface area contributed by atoms with Gasteiger partial charge in [0.2, 0.25) is 5.88 Å². The summed E-state index contributed by atoms with van der Waals surface area (Å²) in [7, 11) is 0. The van der Waals surface area contributed by atoms with Crippen LogP contribution in [0.2, 0.25) is 0 Å². The number of rotatable bonds is 3. The number of pyridine rings is 1. The molecule has 0 radical (unpaired) electrons. The van der Waals surface area contributed by atoms with Gasteiger partial charge in [-0.3, -0.25) is 0 Å². The van der Waals surface area contributed by atoms with Crippen LogP contribution in [0.4, 0.5) is 0 Å². The Hall–Kier alpha value is -1.60. The third-order valence-electron chi connectivity index (χ3n) is 3.44. The van der Waals surface area contributed by atoms with Crippen molar-refractivity contribution in [2.75, 3.05) is 6.61 Å². The van der Waals surface area contributed by atoms with Gasteiger partial charge < -0.3 is 10.5 Å². The van der Waals surface area contributed by atoms with E-state index in [0.29, 0.717) is 18.2 Å². The number of nitrogens with two attached hydrogens (primary N) is 1. The van der Waals surface area contributed by atoms with Gasteiger partial charge in [-0.1, -0.05) is 31.7 Å². The molecule has 0 aromatic carbocycles. The van der Waals surface area contributed by atoms with Gasteiger partial charge in [-0.15, -0.1) is 0 Å². The second-order valence-electron chi connectivity index (χ2n) is 5.04. The number of nitrogens with zero attached hydrogens (tertiary/aromatic N) is 2. The molecule has 0 atom stereocenters. The maximum Gasteiger partial charge on any atom is 0.214 e. The first kappa shape index (κ1) is 12.8. The van der Waals surface area contributed by atoms with Gasteiger partial charge in [0.05, 0.1) is 5.54 Å². The molecular formula is C14H19N3O. The smallest absolute Gasteiger partial charge is 0.214 e. The lowest BCUT2D eigenvalue weighted by molar-refractivity contribution is 0.193. The maximum absolute atomic E-state index is 8.77. The topological polar surface area (TPSA) is 71.9 Å². The van der Waals surface area contributed by atoms with Crippen molar-refractivity contribution in [3.8, 4) is 11.9 Å². The fraction of sp³-hybridized carbons (Fsp3) is 0.571. The first-order valence-electron chi connectivity index (χ1n) is 6.51. The molecule has 1 aliphatic carbocycles. The van der Waals surface area contributed by atoms with Crippen LogP contribution >= 0.6 is 0 Å². The van der Waals surface area contributed by atoms with E-state index in [-0.39, 0.29) is 5.54 Å². The Labute approximate surface area is 108 Å². The van der Waals surface area contributed by atoms with Crippen molar-refractivity contribution in [1.82, 2.24) is 4.98 Å². The van der Waals surface area contributed by atoms with Gasteiger partial charge in [-0.2, -0.15) is 5.26 Å². The minimum Gasteiger partial charge on any atom is -0.476 e. The van der Waals surface area contributed by atoms with Crippen molar-refractivity contribution in [3.05, 3.63) is 23.9 Å². The summed E-state index contributed by atoms with van der Waals surface area (Å²) in [5, 5.41) is 8.77. The summed E-state index contributed by atoms with van der Waals surface area (Å²) >= 11 is 0. The highest BCUT2D eigenvalue weighted by atomic mass is 16.5. The Kier molecular flexibility index (Phi) is 4.16. The lowest BCUT2D eigenvalue weighted by Crippen LogP contribution is -2.45. The van der Waals surface area contributed by atoms with Crippen LogP contribution in [0.15, 0.2) is 18.2 Å². The van der Waals surface area contributed by atoms with Crippen molar-refractivity contribution < 1.29 is 4.74 Å². The number of hydrogen-bond donors (Lipinski definition) is 1. The summed E-state index contributed by atoms with van der Waals surface area (Å²) in [5.74, 6) is 0.489. The quantitative estimate of drug-likeness (QED) is 0.830. The molecule has 1 aromatic heterocycles. The molecule has 1 aliphatic rings. The van der Waals surface area contributed by atoms with Crippen LogP contribution in [0.5, 0.6) is 5.88 Å². The zero-order valence-electron chi connectivity index (χ0n) is 10.6. The third kappa shape index (κ3) is 3.44. The van der Waals surface area contributed by atoms with Crippen molar-refractivity contribution >= 4 is 0 Å². The molecule has 1 aromatic rings. The maximum atomic E-state index is 8.77. The molecule has 4 heteroatoms. The van der Waals surface area contributed by atoms with E-state index in [1.165, 1.54) is 25.7 Å². The summed E-state index contributed by atoms with van der Waals surface area (Å²) in [6.45, 7) is 0.481. The van der Waals surface area contributed by atoms with E-state index in [1.807, 2.05) is 6.07 Å². The molecule has 0 unspecified atom stereocenters. The Morgan fingerprint density at radius 3 is 2.67 bits per heavy atom. The molecular weight excluding hydrogens is 226 g/mol. The van der Waals surface area contributed by atoms with E-state index in [9.17, 15) is 0 Å². The Morgan fingerprint density at radius 2 is 2.00 bits per heavy atom. The number of nitriles is 1. The van der Waals surface area contributed by atoms with Crippen LogP contribution in [0.1, 0.15) is 44.2 Å². The van der Waals surface area contributed by atoms with Crippen molar-refractivity contribution in [2.45, 2.75) is 44.1 Å². The van der Waals surface area contributed by atoms with Gasteiger partial charge in [-0.25, -0.2) is 4.98 Å². The van der Waals surface area contributed by atoms with Crippen LogP contribution in [0.3, 0.4) is 0 Å². The number of ether oxygens (including phenoxy) is 1. The van der Waals surface area contributed by atoms with E-state index in [1.54, 1.807) is 18.2 Å². The first-order chi connectivity index (χ1) is 8.72. The molecule has 0 saturated heterocycles. The zero-order chi connectivity index (χ0) is 12.8. The lowest BCUT2D eigenvalue weighted by atomic mass is 9.93. The summed E-state index contributed by atoms with van der Waals surface area (Å²) < 4.78 is 5.66. The lowest BCUT2D eigenvalue weighted by Gasteiger charge is -2.27. The van der Waals surface area contributed by atoms with Gasteiger partial charge in [0.1, 0.15) is 18.4 Å². The highest BCUT2D eigenvalue weighted by Gasteiger charge is 2.27. The van der Waals surface area contributed by atoms with Gasteiger partial charge in [-0.05, 0) is 18.9 Å².